The summed E-state index contributed by atoms with van der Waals surface area (Å²) in [4.78, 5) is 15.8. The minimum Gasteiger partial charge on any atom is -0.344 e. The van der Waals surface area contributed by atoms with E-state index in [0.717, 1.165) is 29.8 Å². The monoisotopic (exact) mass is 440 g/mol. The number of aryl methyl sites for hydroxylation is 1. The molecule has 0 saturated heterocycles. The van der Waals surface area contributed by atoms with Crippen molar-refractivity contribution in [1.82, 2.24) is 20.0 Å². The van der Waals surface area contributed by atoms with Crippen LogP contribution in [0.4, 0.5) is 4.39 Å². The predicted octanol–water partition coefficient (Wildman–Crippen LogP) is 4.90. The van der Waals surface area contributed by atoms with Crippen molar-refractivity contribution in [2.24, 2.45) is 0 Å². The van der Waals surface area contributed by atoms with Crippen LogP contribution < -0.4 is 5.32 Å². The molecule has 0 spiro atoms. The molecule has 33 heavy (non-hydrogen) atoms. The third-order valence-electron chi connectivity index (χ3n) is 6.05. The summed E-state index contributed by atoms with van der Waals surface area (Å²) < 4.78 is 15.1. The minimum atomic E-state index is -0.317. The normalized spacial score (nSPS) is 15.8. The number of nitrogens with zero attached hydrogens (tertiary/aromatic N) is 3. The number of fused-ring (bicyclic) bond motifs is 1. The van der Waals surface area contributed by atoms with Crippen LogP contribution in [0.25, 0.3) is 16.9 Å². The molecular formula is C27H25FN4O. The first kappa shape index (κ1) is 21.1. The molecule has 166 valence electrons. The maximum absolute atomic E-state index is 13.5. The largest absolute Gasteiger partial charge is 0.344 e. The van der Waals surface area contributed by atoms with Gasteiger partial charge >= 0.3 is 0 Å². The van der Waals surface area contributed by atoms with Crippen molar-refractivity contribution >= 4 is 5.91 Å². The van der Waals surface area contributed by atoms with Crippen LogP contribution in [0, 0.1) is 12.7 Å². The Morgan fingerprint density at radius 1 is 1.03 bits per heavy atom. The van der Waals surface area contributed by atoms with Gasteiger partial charge in [-0.1, -0.05) is 54.1 Å². The van der Waals surface area contributed by atoms with Crippen LogP contribution in [0.15, 0.2) is 79.0 Å². The van der Waals surface area contributed by atoms with E-state index in [0.29, 0.717) is 16.9 Å². The fraction of sp³-hybridized carbons (Fsp3) is 0.185. The second-order valence-corrected chi connectivity index (χ2v) is 8.60. The van der Waals surface area contributed by atoms with Gasteiger partial charge in [0.2, 0.25) is 0 Å². The van der Waals surface area contributed by atoms with Gasteiger partial charge in [-0.25, -0.2) is 9.07 Å². The van der Waals surface area contributed by atoms with Gasteiger partial charge in [-0.3, -0.25) is 9.69 Å². The molecule has 5 rings (SSSR count). The highest BCUT2D eigenvalue weighted by molar-refractivity contribution is 6.00. The van der Waals surface area contributed by atoms with Gasteiger partial charge in [0.1, 0.15) is 11.5 Å². The number of carbonyl (C=O) groups excluding carboxylic acids is 1. The summed E-state index contributed by atoms with van der Waals surface area (Å²) in [7, 11) is 2.05. The second-order valence-electron chi connectivity index (χ2n) is 8.60. The topological polar surface area (TPSA) is 50.2 Å². The molecule has 3 aromatic carbocycles. The molecule has 5 nitrogen and oxygen atoms in total. The van der Waals surface area contributed by atoms with Crippen LogP contribution in [-0.2, 0) is 6.54 Å². The van der Waals surface area contributed by atoms with Crippen molar-refractivity contribution in [3.05, 3.63) is 107 Å². The van der Waals surface area contributed by atoms with Gasteiger partial charge in [-0.2, -0.15) is 5.10 Å². The molecule has 1 amide bonds. The highest BCUT2D eigenvalue weighted by Crippen LogP contribution is 2.28. The quantitative estimate of drug-likeness (QED) is 0.491. The highest BCUT2D eigenvalue weighted by atomic mass is 19.1. The molecule has 0 saturated carbocycles. The summed E-state index contributed by atoms with van der Waals surface area (Å²) in [5.74, 6) is -0.503. The lowest BCUT2D eigenvalue weighted by Gasteiger charge is -2.32. The van der Waals surface area contributed by atoms with Gasteiger partial charge in [0.15, 0.2) is 0 Å². The van der Waals surface area contributed by atoms with E-state index in [1.165, 1.54) is 17.7 Å². The summed E-state index contributed by atoms with van der Waals surface area (Å²) in [5.41, 5.74) is 6.11. The number of amides is 1. The molecule has 1 N–H and O–H groups in total. The van der Waals surface area contributed by atoms with Gasteiger partial charge in [0.05, 0.1) is 17.3 Å². The zero-order valence-corrected chi connectivity index (χ0v) is 18.6. The minimum absolute atomic E-state index is 0.118. The van der Waals surface area contributed by atoms with Gasteiger partial charge in [0.25, 0.3) is 5.91 Å². The lowest BCUT2D eigenvalue weighted by atomic mass is 9.95. The van der Waals surface area contributed by atoms with Gasteiger partial charge in [-0.05, 0) is 49.4 Å². The maximum atomic E-state index is 13.5. The average molecular weight is 441 g/mol. The Balaban J connectivity index is 1.53. The summed E-state index contributed by atoms with van der Waals surface area (Å²) in [6.45, 7) is 3.61. The van der Waals surface area contributed by atoms with Crippen molar-refractivity contribution < 1.29 is 9.18 Å². The number of halogens is 1. The molecule has 0 aliphatic carbocycles. The number of aromatic nitrogens is 2. The number of hydrogen-bond acceptors (Lipinski definition) is 3. The average Bonchev–Trinajstić information content (AvgIpc) is 3.25. The fourth-order valence-corrected chi connectivity index (χ4v) is 4.33. The Morgan fingerprint density at radius 2 is 1.76 bits per heavy atom. The maximum Gasteiger partial charge on any atom is 0.255 e. The van der Waals surface area contributed by atoms with E-state index in [4.69, 9.17) is 5.10 Å². The molecular weight excluding hydrogens is 415 g/mol. The summed E-state index contributed by atoms with van der Waals surface area (Å²) in [6.07, 6.45) is 1.72. The molecule has 1 aliphatic rings. The van der Waals surface area contributed by atoms with Crippen LogP contribution in [0.3, 0.4) is 0 Å². The second kappa shape index (κ2) is 8.64. The first-order chi connectivity index (χ1) is 16.0. The molecule has 0 bridgehead atoms. The smallest absolute Gasteiger partial charge is 0.255 e. The van der Waals surface area contributed by atoms with Crippen LogP contribution in [-0.4, -0.2) is 34.2 Å². The Bertz CT molecular complexity index is 1290. The van der Waals surface area contributed by atoms with Gasteiger partial charge in [0, 0.05) is 24.8 Å². The number of likely N-dealkylation sites (N-methyl/N-ethyl adjacent to an activating group) is 1. The van der Waals surface area contributed by atoms with E-state index in [1.807, 2.05) is 43.3 Å². The molecule has 0 fully saturated rings. The summed E-state index contributed by atoms with van der Waals surface area (Å²) in [6, 6.07) is 22.1. The van der Waals surface area contributed by atoms with Crippen molar-refractivity contribution in [2.75, 3.05) is 13.6 Å². The van der Waals surface area contributed by atoms with Crippen molar-refractivity contribution in [1.29, 1.82) is 0 Å². The molecule has 1 atom stereocenters. The fourth-order valence-electron chi connectivity index (χ4n) is 4.33. The summed E-state index contributed by atoms with van der Waals surface area (Å²) >= 11 is 0. The van der Waals surface area contributed by atoms with Gasteiger partial charge < -0.3 is 5.32 Å². The van der Waals surface area contributed by atoms with Crippen molar-refractivity contribution in [3.8, 4) is 16.9 Å². The lowest BCUT2D eigenvalue weighted by molar-refractivity contribution is 0.0922. The Labute approximate surface area is 192 Å². The third-order valence-corrected chi connectivity index (χ3v) is 6.05. The van der Waals surface area contributed by atoms with Crippen molar-refractivity contribution in [3.63, 3.8) is 0 Å². The standard InChI is InChI=1S/C27H25FN4O/c1-18-7-9-19(10-8-18)26-24(16-32(30-26)22-13-11-21(28)12-14-22)27(33)29-25-17-31(2)15-20-5-3-4-6-23(20)25/h3-14,16,25H,15,17H2,1-2H3,(H,29,33). The van der Waals surface area contributed by atoms with E-state index in [-0.39, 0.29) is 17.8 Å². The molecule has 1 aromatic heterocycles. The number of nitrogens with one attached hydrogen (secondary N) is 1. The van der Waals surface area contributed by atoms with Crippen LogP contribution in [0.2, 0.25) is 0 Å². The number of carbonyl (C=O) groups is 1. The zero-order chi connectivity index (χ0) is 22.9. The van der Waals surface area contributed by atoms with E-state index >= 15 is 0 Å². The molecule has 2 heterocycles. The van der Waals surface area contributed by atoms with E-state index in [2.05, 4.69) is 29.4 Å². The summed E-state index contributed by atoms with van der Waals surface area (Å²) in [5, 5.41) is 7.93. The van der Waals surface area contributed by atoms with Crippen LogP contribution in [0.1, 0.15) is 33.1 Å². The molecule has 1 aliphatic heterocycles. The Kier molecular flexibility index (Phi) is 5.52. The van der Waals surface area contributed by atoms with Crippen LogP contribution in [0.5, 0.6) is 0 Å². The van der Waals surface area contributed by atoms with Crippen molar-refractivity contribution in [2.45, 2.75) is 19.5 Å². The molecule has 0 radical (unpaired) electrons. The van der Waals surface area contributed by atoms with Gasteiger partial charge in [-0.15, -0.1) is 0 Å². The zero-order valence-electron chi connectivity index (χ0n) is 18.6. The third kappa shape index (κ3) is 4.30. The Hall–Kier alpha value is -3.77. The highest BCUT2D eigenvalue weighted by Gasteiger charge is 2.27. The molecule has 1 unspecified atom stereocenters. The number of rotatable bonds is 4. The Morgan fingerprint density at radius 3 is 2.52 bits per heavy atom. The first-order valence-electron chi connectivity index (χ1n) is 11.0. The predicted molar refractivity (Wildman–Crippen MR) is 127 cm³/mol. The lowest BCUT2D eigenvalue weighted by Crippen LogP contribution is -2.40. The SMILES string of the molecule is Cc1ccc(-c2nn(-c3ccc(F)cc3)cc2C(=O)NC2CN(C)Cc3ccccc32)cc1. The molecule has 6 heteroatoms. The van der Waals surface area contributed by atoms with E-state index < -0.39 is 0 Å². The first-order valence-corrected chi connectivity index (χ1v) is 11.0. The van der Waals surface area contributed by atoms with Crippen LogP contribution >= 0.6 is 0 Å². The molecule has 4 aromatic rings. The van der Waals surface area contributed by atoms with E-state index in [9.17, 15) is 9.18 Å². The van der Waals surface area contributed by atoms with E-state index in [1.54, 1.807) is 23.0 Å². The number of hydrogen-bond donors (Lipinski definition) is 1. The number of benzene rings is 3.